The van der Waals surface area contributed by atoms with Gasteiger partial charge in [-0.05, 0) is 18.2 Å². The van der Waals surface area contributed by atoms with E-state index in [9.17, 15) is 0 Å². The molecule has 2 aromatic heterocycles. The van der Waals surface area contributed by atoms with Gasteiger partial charge in [0.25, 0.3) is 0 Å². The van der Waals surface area contributed by atoms with Crippen molar-refractivity contribution in [1.82, 2.24) is 9.97 Å². The fourth-order valence-electron chi connectivity index (χ4n) is 1.05. The Kier molecular flexibility index (Phi) is 2.37. The third kappa shape index (κ3) is 2.14. The molecule has 0 unspecified atom stereocenters. The third-order valence-electron chi connectivity index (χ3n) is 1.79. The Balaban J connectivity index is 2.22. The lowest BCUT2D eigenvalue weighted by Crippen LogP contribution is -1.98. The van der Waals surface area contributed by atoms with E-state index in [0.29, 0.717) is 17.3 Å². The molecular formula is C10H10N4O. The van der Waals surface area contributed by atoms with Crippen LogP contribution in [-0.4, -0.2) is 9.97 Å². The molecule has 4 N–H and O–H groups in total. The predicted octanol–water partition coefficient (Wildman–Crippen LogP) is 1.43. The number of rotatable bonds is 2. The highest BCUT2D eigenvalue weighted by atomic mass is 16.5. The lowest BCUT2D eigenvalue weighted by molar-refractivity contribution is 0.462. The number of aromatic nitrogens is 2. The van der Waals surface area contributed by atoms with Gasteiger partial charge in [0, 0.05) is 12.3 Å². The average Bonchev–Trinajstić information content (AvgIpc) is 2.25. The zero-order valence-corrected chi connectivity index (χ0v) is 7.92. The molecule has 0 fully saturated rings. The van der Waals surface area contributed by atoms with Crippen molar-refractivity contribution in [3.05, 3.63) is 36.7 Å². The zero-order chi connectivity index (χ0) is 10.7. The summed E-state index contributed by atoms with van der Waals surface area (Å²) in [5.74, 6) is 1.26. The topological polar surface area (TPSA) is 87.0 Å². The maximum atomic E-state index is 5.54. The minimum atomic E-state index is 0.261. The van der Waals surface area contributed by atoms with Crippen LogP contribution >= 0.6 is 0 Å². The van der Waals surface area contributed by atoms with E-state index in [1.54, 1.807) is 36.7 Å². The Hall–Kier alpha value is -2.30. The molecule has 0 amide bonds. The summed E-state index contributed by atoms with van der Waals surface area (Å²) in [6.45, 7) is 0. The summed E-state index contributed by atoms with van der Waals surface area (Å²) in [5, 5.41) is 0. The minimum absolute atomic E-state index is 0.261. The van der Waals surface area contributed by atoms with Crippen LogP contribution in [0.1, 0.15) is 0 Å². The smallest absolute Gasteiger partial charge is 0.221 e. The fourth-order valence-corrected chi connectivity index (χ4v) is 1.05. The standard InChI is InChI=1S/C10H10N4O/c11-8-3-4-9(14-10(8)12)15-7-2-1-5-13-6-7/h1-6H,11H2,(H2,12,14). The van der Waals surface area contributed by atoms with E-state index in [4.69, 9.17) is 16.2 Å². The summed E-state index contributed by atoms with van der Waals surface area (Å²) < 4.78 is 5.40. The van der Waals surface area contributed by atoms with Gasteiger partial charge in [0.2, 0.25) is 5.88 Å². The van der Waals surface area contributed by atoms with Crippen LogP contribution in [-0.2, 0) is 0 Å². The quantitative estimate of drug-likeness (QED) is 0.769. The third-order valence-corrected chi connectivity index (χ3v) is 1.79. The van der Waals surface area contributed by atoms with Crippen LogP contribution in [0.15, 0.2) is 36.7 Å². The second-order valence-corrected chi connectivity index (χ2v) is 2.91. The first kappa shape index (κ1) is 9.26. The first-order valence-electron chi connectivity index (χ1n) is 4.35. The first-order chi connectivity index (χ1) is 7.25. The molecule has 0 bridgehead atoms. The number of hydrogen-bond acceptors (Lipinski definition) is 5. The molecule has 0 aliphatic carbocycles. The number of ether oxygens (including phenoxy) is 1. The SMILES string of the molecule is Nc1ccc(Oc2cccnc2)nc1N. The van der Waals surface area contributed by atoms with Gasteiger partial charge in [-0.2, -0.15) is 4.98 Å². The molecule has 0 atom stereocenters. The van der Waals surface area contributed by atoms with Crippen LogP contribution in [0.2, 0.25) is 0 Å². The minimum Gasteiger partial charge on any atom is -0.437 e. The van der Waals surface area contributed by atoms with Crippen LogP contribution < -0.4 is 16.2 Å². The lowest BCUT2D eigenvalue weighted by atomic mass is 10.4. The maximum absolute atomic E-state index is 5.54. The molecule has 2 rings (SSSR count). The van der Waals surface area contributed by atoms with Crippen molar-refractivity contribution >= 4 is 11.5 Å². The van der Waals surface area contributed by atoms with Crippen molar-refractivity contribution in [2.24, 2.45) is 0 Å². The molecule has 0 aliphatic rings. The van der Waals surface area contributed by atoms with Gasteiger partial charge in [-0.25, -0.2) is 0 Å². The molecular weight excluding hydrogens is 192 g/mol. The fraction of sp³-hybridized carbons (Fsp3) is 0. The summed E-state index contributed by atoms with van der Waals surface area (Å²) >= 11 is 0. The predicted molar refractivity (Wildman–Crippen MR) is 57.4 cm³/mol. The van der Waals surface area contributed by atoms with E-state index in [1.165, 1.54) is 0 Å². The highest BCUT2D eigenvalue weighted by Gasteiger charge is 2.01. The second kappa shape index (κ2) is 3.83. The molecule has 0 aromatic carbocycles. The van der Waals surface area contributed by atoms with Crippen LogP contribution in [0.4, 0.5) is 11.5 Å². The van der Waals surface area contributed by atoms with E-state index in [2.05, 4.69) is 9.97 Å². The molecule has 5 nitrogen and oxygen atoms in total. The number of nitrogen functional groups attached to an aromatic ring is 2. The zero-order valence-electron chi connectivity index (χ0n) is 7.92. The monoisotopic (exact) mass is 202 g/mol. The van der Waals surface area contributed by atoms with Gasteiger partial charge >= 0.3 is 0 Å². The number of hydrogen-bond donors (Lipinski definition) is 2. The van der Waals surface area contributed by atoms with Crippen LogP contribution in [0.5, 0.6) is 11.6 Å². The summed E-state index contributed by atoms with van der Waals surface area (Å²) in [6, 6.07) is 6.85. The number of pyridine rings is 2. The van der Waals surface area contributed by atoms with Crippen molar-refractivity contribution in [1.29, 1.82) is 0 Å². The van der Waals surface area contributed by atoms with Gasteiger partial charge in [0.15, 0.2) is 5.82 Å². The van der Waals surface area contributed by atoms with Crippen LogP contribution in [0.25, 0.3) is 0 Å². The van der Waals surface area contributed by atoms with Gasteiger partial charge in [0.1, 0.15) is 5.75 Å². The molecule has 0 saturated heterocycles. The average molecular weight is 202 g/mol. The van der Waals surface area contributed by atoms with Crippen LogP contribution in [0, 0.1) is 0 Å². The van der Waals surface area contributed by atoms with Gasteiger partial charge in [-0.3, -0.25) is 4.98 Å². The Morgan fingerprint density at radius 3 is 2.67 bits per heavy atom. The number of nitrogens with two attached hydrogens (primary N) is 2. The van der Waals surface area contributed by atoms with E-state index < -0.39 is 0 Å². The summed E-state index contributed by atoms with van der Waals surface area (Å²) in [5.41, 5.74) is 11.5. The second-order valence-electron chi connectivity index (χ2n) is 2.91. The van der Waals surface area contributed by atoms with Crippen molar-refractivity contribution in [3.8, 4) is 11.6 Å². The largest absolute Gasteiger partial charge is 0.437 e. The van der Waals surface area contributed by atoms with Gasteiger partial charge in [0.05, 0.1) is 11.9 Å². The molecule has 5 heteroatoms. The molecule has 2 aromatic rings. The van der Waals surface area contributed by atoms with E-state index >= 15 is 0 Å². The highest BCUT2D eigenvalue weighted by molar-refractivity contribution is 5.58. The van der Waals surface area contributed by atoms with Gasteiger partial charge in [-0.1, -0.05) is 0 Å². The summed E-state index contributed by atoms with van der Waals surface area (Å²) in [6.07, 6.45) is 3.26. The molecule has 0 spiro atoms. The van der Waals surface area contributed by atoms with Gasteiger partial charge in [-0.15, -0.1) is 0 Å². The number of anilines is 2. The Labute approximate surface area is 86.7 Å². The molecule has 15 heavy (non-hydrogen) atoms. The van der Waals surface area contributed by atoms with E-state index in [0.717, 1.165) is 0 Å². The molecule has 0 radical (unpaired) electrons. The van der Waals surface area contributed by atoms with Crippen molar-refractivity contribution in [3.63, 3.8) is 0 Å². The Morgan fingerprint density at radius 2 is 2.00 bits per heavy atom. The Bertz CT molecular complexity index is 458. The summed E-state index contributed by atoms with van der Waals surface area (Å²) in [4.78, 5) is 7.88. The van der Waals surface area contributed by atoms with Crippen LogP contribution in [0.3, 0.4) is 0 Å². The van der Waals surface area contributed by atoms with E-state index in [-0.39, 0.29) is 5.82 Å². The summed E-state index contributed by atoms with van der Waals surface area (Å²) in [7, 11) is 0. The van der Waals surface area contributed by atoms with Crippen molar-refractivity contribution < 1.29 is 4.74 Å². The normalized spacial score (nSPS) is 9.87. The number of nitrogens with zero attached hydrogens (tertiary/aromatic N) is 2. The first-order valence-corrected chi connectivity index (χ1v) is 4.35. The lowest BCUT2D eigenvalue weighted by Gasteiger charge is -2.05. The molecule has 0 saturated carbocycles. The molecule has 2 heterocycles. The van der Waals surface area contributed by atoms with Gasteiger partial charge < -0.3 is 16.2 Å². The van der Waals surface area contributed by atoms with Crippen molar-refractivity contribution in [2.75, 3.05) is 11.5 Å². The maximum Gasteiger partial charge on any atom is 0.221 e. The van der Waals surface area contributed by atoms with E-state index in [1.807, 2.05) is 0 Å². The molecule has 0 aliphatic heterocycles. The highest BCUT2D eigenvalue weighted by Crippen LogP contribution is 2.21. The Morgan fingerprint density at radius 1 is 1.13 bits per heavy atom. The molecule has 76 valence electrons. The van der Waals surface area contributed by atoms with Crippen molar-refractivity contribution in [2.45, 2.75) is 0 Å².